The number of ether oxygens (including phenoxy) is 3. The van der Waals surface area contributed by atoms with Crippen molar-refractivity contribution < 1.29 is 28.9 Å². The number of rotatable bonds is 2. The van der Waals surface area contributed by atoms with E-state index in [4.69, 9.17) is 14.2 Å². The van der Waals surface area contributed by atoms with E-state index in [2.05, 4.69) is 27.7 Å². The van der Waals surface area contributed by atoms with E-state index in [9.17, 15) is 14.7 Å². The van der Waals surface area contributed by atoms with E-state index >= 15 is 0 Å². The highest BCUT2D eigenvalue weighted by molar-refractivity contribution is 5.71. The number of hydrogen-bond donors (Lipinski definition) is 1. The highest BCUT2D eigenvalue weighted by Crippen LogP contribution is 2.61. The topological polar surface area (TPSA) is 82.1 Å². The Kier molecular flexibility index (Phi) is 4.66. The second kappa shape index (κ2) is 6.56. The van der Waals surface area contributed by atoms with Crippen LogP contribution in [0.5, 0.6) is 0 Å². The molecule has 6 nitrogen and oxygen atoms in total. The fraction of sp³-hybridized carbons (Fsp3) is 0.818. The van der Waals surface area contributed by atoms with Crippen LogP contribution < -0.4 is 0 Å². The molecule has 4 aliphatic rings. The van der Waals surface area contributed by atoms with E-state index in [0.29, 0.717) is 0 Å². The summed E-state index contributed by atoms with van der Waals surface area (Å²) in [5, 5.41) is 10.9. The van der Waals surface area contributed by atoms with Crippen molar-refractivity contribution in [2.45, 2.75) is 85.4 Å². The lowest BCUT2D eigenvalue weighted by Crippen LogP contribution is -2.51. The molecule has 0 aromatic heterocycles. The highest BCUT2D eigenvalue weighted by Gasteiger charge is 2.62. The number of carbonyl (C=O) groups is 2. The molecular formula is C22H32O6. The Bertz CT molecular complexity index is 725. The first-order valence-corrected chi connectivity index (χ1v) is 10.5. The summed E-state index contributed by atoms with van der Waals surface area (Å²) >= 11 is 0. The van der Waals surface area contributed by atoms with Crippen LogP contribution in [0.4, 0.5) is 0 Å². The maximum atomic E-state index is 12.0. The SMILES string of the molecule is CC(=O)O[C@@H]1OC2OC(=O)C[C@@H]1[C@@H]2[C@]1(C)CCC2=C([C@H](O)CCC2(C)C)[C@H]1C. The molecule has 2 bridgehead atoms. The molecule has 4 rings (SSSR count). The van der Waals surface area contributed by atoms with Gasteiger partial charge in [-0.15, -0.1) is 0 Å². The first kappa shape index (κ1) is 19.9. The van der Waals surface area contributed by atoms with Gasteiger partial charge < -0.3 is 19.3 Å². The van der Waals surface area contributed by atoms with Crippen LogP contribution in [0.1, 0.15) is 66.7 Å². The van der Waals surface area contributed by atoms with Crippen LogP contribution in [-0.2, 0) is 23.8 Å². The average Bonchev–Trinajstić information content (AvgIpc) is 2.82. The maximum Gasteiger partial charge on any atom is 0.308 e. The molecule has 1 unspecified atom stereocenters. The van der Waals surface area contributed by atoms with Gasteiger partial charge in [0.2, 0.25) is 12.6 Å². The number of carbonyl (C=O) groups excluding carboxylic acids is 2. The van der Waals surface area contributed by atoms with Crippen LogP contribution in [-0.4, -0.2) is 35.7 Å². The van der Waals surface area contributed by atoms with E-state index in [1.54, 1.807) is 0 Å². The monoisotopic (exact) mass is 392 g/mol. The summed E-state index contributed by atoms with van der Waals surface area (Å²) in [5.74, 6) is -0.849. The Morgan fingerprint density at radius 1 is 1.25 bits per heavy atom. The molecule has 0 amide bonds. The van der Waals surface area contributed by atoms with Crippen LogP contribution in [0, 0.1) is 28.6 Å². The molecule has 2 saturated heterocycles. The van der Waals surface area contributed by atoms with Crippen LogP contribution >= 0.6 is 0 Å². The van der Waals surface area contributed by atoms with Crippen molar-refractivity contribution in [3.05, 3.63) is 11.1 Å². The van der Waals surface area contributed by atoms with Gasteiger partial charge in [-0.05, 0) is 48.0 Å². The fourth-order valence-electron chi connectivity index (χ4n) is 6.31. The third-order valence-electron chi connectivity index (χ3n) is 8.00. The largest absolute Gasteiger partial charge is 0.435 e. The lowest BCUT2D eigenvalue weighted by Gasteiger charge is -2.53. The summed E-state index contributed by atoms with van der Waals surface area (Å²) in [7, 11) is 0. The van der Waals surface area contributed by atoms with Crippen molar-refractivity contribution in [2.24, 2.45) is 28.6 Å². The molecule has 0 aromatic carbocycles. The first-order valence-electron chi connectivity index (χ1n) is 10.5. The third-order valence-corrected chi connectivity index (χ3v) is 8.00. The normalized spacial score (nSPS) is 44.7. The number of fused-ring (bicyclic) bond motifs is 2. The Morgan fingerprint density at radius 3 is 2.64 bits per heavy atom. The summed E-state index contributed by atoms with van der Waals surface area (Å²) in [5.41, 5.74) is 2.47. The molecule has 2 fully saturated rings. The molecule has 2 aliphatic carbocycles. The summed E-state index contributed by atoms with van der Waals surface area (Å²) in [6.07, 6.45) is 2.00. The van der Waals surface area contributed by atoms with Crippen molar-refractivity contribution in [2.75, 3.05) is 0 Å². The van der Waals surface area contributed by atoms with Gasteiger partial charge in [-0.2, -0.15) is 0 Å². The van der Waals surface area contributed by atoms with Crippen LogP contribution in [0.25, 0.3) is 0 Å². The van der Waals surface area contributed by atoms with Gasteiger partial charge in [-0.3, -0.25) is 9.59 Å². The van der Waals surface area contributed by atoms with Gasteiger partial charge in [-0.1, -0.05) is 33.3 Å². The molecule has 28 heavy (non-hydrogen) atoms. The predicted molar refractivity (Wildman–Crippen MR) is 101 cm³/mol. The van der Waals surface area contributed by atoms with E-state index in [0.717, 1.165) is 25.7 Å². The molecule has 2 heterocycles. The van der Waals surface area contributed by atoms with Gasteiger partial charge in [0, 0.05) is 18.8 Å². The molecule has 0 saturated carbocycles. The van der Waals surface area contributed by atoms with E-state index in [1.807, 2.05) is 0 Å². The molecule has 0 radical (unpaired) electrons. The van der Waals surface area contributed by atoms with Crippen molar-refractivity contribution in [1.82, 2.24) is 0 Å². The van der Waals surface area contributed by atoms with Gasteiger partial charge >= 0.3 is 11.9 Å². The number of aliphatic hydroxyl groups is 1. The van der Waals surface area contributed by atoms with Gasteiger partial charge in [0.1, 0.15) is 0 Å². The van der Waals surface area contributed by atoms with Crippen LogP contribution in [0.15, 0.2) is 11.1 Å². The number of esters is 2. The van der Waals surface area contributed by atoms with E-state index in [-0.39, 0.29) is 41.0 Å². The predicted octanol–water partition coefficient (Wildman–Crippen LogP) is 3.32. The maximum absolute atomic E-state index is 12.0. The van der Waals surface area contributed by atoms with Crippen molar-refractivity contribution in [3.63, 3.8) is 0 Å². The molecule has 0 spiro atoms. The summed E-state index contributed by atoms with van der Waals surface area (Å²) in [6.45, 7) is 10.3. The minimum atomic E-state index is -0.744. The molecule has 156 valence electrons. The second-order valence-corrected chi connectivity index (χ2v) is 9.97. The first-order chi connectivity index (χ1) is 13.0. The van der Waals surface area contributed by atoms with Gasteiger partial charge in [0.25, 0.3) is 0 Å². The van der Waals surface area contributed by atoms with Crippen LogP contribution in [0.3, 0.4) is 0 Å². The summed E-state index contributed by atoms with van der Waals surface area (Å²) in [4.78, 5) is 23.6. The lowest BCUT2D eigenvalue weighted by atomic mass is 9.52. The average molecular weight is 392 g/mol. The zero-order valence-corrected chi connectivity index (χ0v) is 17.5. The lowest BCUT2D eigenvalue weighted by molar-refractivity contribution is -0.214. The zero-order chi connectivity index (χ0) is 20.4. The zero-order valence-electron chi connectivity index (χ0n) is 17.5. The Labute approximate surface area is 166 Å². The summed E-state index contributed by atoms with van der Waals surface area (Å²) in [6, 6.07) is 0. The minimum absolute atomic E-state index is 0.0594. The summed E-state index contributed by atoms with van der Waals surface area (Å²) < 4.78 is 16.8. The van der Waals surface area contributed by atoms with Crippen molar-refractivity contribution in [1.29, 1.82) is 0 Å². The molecule has 0 aromatic rings. The Balaban J connectivity index is 1.70. The molecule has 2 aliphatic heterocycles. The Hall–Kier alpha value is -1.40. The van der Waals surface area contributed by atoms with Crippen LogP contribution in [0.2, 0.25) is 0 Å². The van der Waals surface area contributed by atoms with E-state index in [1.165, 1.54) is 18.1 Å². The number of hydrogen-bond acceptors (Lipinski definition) is 6. The molecule has 7 atom stereocenters. The fourth-order valence-corrected chi connectivity index (χ4v) is 6.31. The second-order valence-electron chi connectivity index (χ2n) is 9.97. The smallest absolute Gasteiger partial charge is 0.308 e. The van der Waals surface area contributed by atoms with Gasteiger partial charge in [0.15, 0.2) is 0 Å². The van der Waals surface area contributed by atoms with Gasteiger partial charge in [0.05, 0.1) is 12.5 Å². The van der Waals surface area contributed by atoms with Crippen molar-refractivity contribution >= 4 is 11.9 Å². The van der Waals surface area contributed by atoms with E-state index < -0.39 is 24.7 Å². The standard InChI is InChI=1S/C22H32O6/c1-11-17-14(21(3,4)8-7-15(17)24)6-9-22(11,5)18-13-10-16(25)27-20(18)28-19(13)26-12(2)23/h11,13,15,18-20,24H,6-10H2,1-5H3/t11-,13-,15-,18+,19-,20?,22-/m1/s1. The molecular weight excluding hydrogens is 360 g/mol. The Morgan fingerprint density at radius 2 is 1.96 bits per heavy atom. The highest BCUT2D eigenvalue weighted by atomic mass is 16.8. The van der Waals surface area contributed by atoms with Gasteiger partial charge in [-0.25, -0.2) is 0 Å². The number of aliphatic hydroxyl groups excluding tert-OH is 1. The molecule has 1 N–H and O–H groups in total. The van der Waals surface area contributed by atoms with Crippen molar-refractivity contribution in [3.8, 4) is 0 Å². The third kappa shape index (κ3) is 2.91. The minimum Gasteiger partial charge on any atom is -0.435 e. The number of allylic oxidation sites excluding steroid dienone is 1. The molecule has 6 heteroatoms. The quantitative estimate of drug-likeness (QED) is 0.573.